The second-order valence-corrected chi connectivity index (χ2v) is 5.45. The predicted octanol–water partition coefficient (Wildman–Crippen LogP) is 0.983. The van der Waals surface area contributed by atoms with Gasteiger partial charge in [-0.3, -0.25) is 9.89 Å². The molecule has 2 aliphatic rings. The Morgan fingerprint density at radius 2 is 2.11 bits per heavy atom. The molecular weight excluding hydrogens is 264 g/mol. The van der Waals surface area contributed by atoms with Gasteiger partial charge in [0.25, 0.3) is 0 Å². The van der Waals surface area contributed by atoms with Crippen molar-refractivity contribution >= 4 is 18.3 Å². The molecule has 0 spiro atoms. The van der Waals surface area contributed by atoms with Crippen LogP contribution in [0.5, 0.6) is 0 Å². The third-order valence-electron chi connectivity index (χ3n) is 3.91. The van der Waals surface area contributed by atoms with Gasteiger partial charge in [0.15, 0.2) is 0 Å². The molecule has 0 radical (unpaired) electrons. The highest BCUT2D eigenvalue weighted by atomic mass is 35.5. The number of rotatable bonds is 2. The molecule has 0 saturated heterocycles. The molecule has 1 aromatic rings. The molecule has 0 unspecified atom stereocenters. The molecule has 1 saturated carbocycles. The summed E-state index contributed by atoms with van der Waals surface area (Å²) in [5.41, 5.74) is 9.50. The summed E-state index contributed by atoms with van der Waals surface area (Å²) in [4.78, 5) is 13.8. The molecule has 3 N–H and O–H groups in total. The number of amides is 1. The largest absolute Gasteiger partial charge is 0.341 e. The standard InChI is InChI=1S/C13H20N4O.ClH/c1-8(14)13(18)17-6-4-10-11(5-7-17)15-16-12(10)9-2-3-9;/h8-9H,2-7,14H2,1H3,(H,15,16);1H/t8-;/m1./s1. The highest BCUT2D eigenvalue weighted by Crippen LogP contribution is 2.41. The average molecular weight is 285 g/mol. The molecular formula is C13H21ClN4O. The van der Waals surface area contributed by atoms with Gasteiger partial charge in [0.05, 0.1) is 11.7 Å². The zero-order valence-electron chi connectivity index (χ0n) is 11.2. The summed E-state index contributed by atoms with van der Waals surface area (Å²) >= 11 is 0. The van der Waals surface area contributed by atoms with Crippen LogP contribution in [0.3, 0.4) is 0 Å². The normalized spacial score (nSPS) is 20.2. The van der Waals surface area contributed by atoms with Crippen molar-refractivity contribution in [3.63, 3.8) is 0 Å². The number of hydrogen-bond acceptors (Lipinski definition) is 3. The first kappa shape index (κ1) is 14.3. The van der Waals surface area contributed by atoms with Crippen LogP contribution < -0.4 is 5.73 Å². The van der Waals surface area contributed by atoms with Gasteiger partial charge in [0.1, 0.15) is 0 Å². The van der Waals surface area contributed by atoms with Gasteiger partial charge in [0.2, 0.25) is 5.91 Å². The number of aromatic amines is 1. The lowest BCUT2D eigenvalue weighted by Gasteiger charge is -2.22. The van der Waals surface area contributed by atoms with E-state index in [-0.39, 0.29) is 18.3 Å². The molecule has 106 valence electrons. The van der Waals surface area contributed by atoms with Gasteiger partial charge in [-0.15, -0.1) is 12.4 Å². The molecule has 19 heavy (non-hydrogen) atoms. The van der Waals surface area contributed by atoms with Crippen molar-refractivity contribution in [1.82, 2.24) is 15.1 Å². The van der Waals surface area contributed by atoms with E-state index in [0.29, 0.717) is 5.92 Å². The fourth-order valence-corrected chi connectivity index (χ4v) is 2.71. The van der Waals surface area contributed by atoms with E-state index in [4.69, 9.17) is 5.73 Å². The minimum absolute atomic E-state index is 0. The molecule has 2 heterocycles. The average Bonchev–Trinajstić information content (AvgIpc) is 3.14. The minimum atomic E-state index is -0.400. The summed E-state index contributed by atoms with van der Waals surface area (Å²) in [6.45, 7) is 3.27. The van der Waals surface area contributed by atoms with Crippen LogP contribution in [-0.4, -0.2) is 40.1 Å². The molecule has 3 rings (SSSR count). The third-order valence-corrected chi connectivity index (χ3v) is 3.91. The molecule has 1 atom stereocenters. The summed E-state index contributed by atoms with van der Waals surface area (Å²) in [5, 5.41) is 7.61. The van der Waals surface area contributed by atoms with Gasteiger partial charge in [-0.2, -0.15) is 5.10 Å². The van der Waals surface area contributed by atoms with Crippen molar-refractivity contribution in [2.75, 3.05) is 13.1 Å². The molecule has 1 amide bonds. The lowest BCUT2D eigenvalue weighted by Crippen LogP contribution is -2.43. The summed E-state index contributed by atoms with van der Waals surface area (Å²) in [7, 11) is 0. The second-order valence-electron chi connectivity index (χ2n) is 5.45. The van der Waals surface area contributed by atoms with Crippen molar-refractivity contribution in [2.24, 2.45) is 5.73 Å². The Hall–Kier alpha value is -1.07. The molecule has 1 aromatic heterocycles. The number of nitrogens with zero attached hydrogens (tertiary/aromatic N) is 2. The van der Waals surface area contributed by atoms with Crippen molar-refractivity contribution in [3.05, 3.63) is 17.0 Å². The van der Waals surface area contributed by atoms with E-state index >= 15 is 0 Å². The smallest absolute Gasteiger partial charge is 0.239 e. The summed E-state index contributed by atoms with van der Waals surface area (Å²) in [5.74, 6) is 0.724. The zero-order chi connectivity index (χ0) is 12.7. The van der Waals surface area contributed by atoms with E-state index in [2.05, 4.69) is 10.2 Å². The summed E-state index contributed by atoms with van der Waals surface area (Å²) in [6.07, 6.45) is 4.31. The Morgan fingerprint density at radius 1 is 1.42 bits per heavy atom. The number of carbonyl (C=O) groups excluding carboxylic acids is 1. The van der Waals surface area contributed by atoms with Gasteiger partial charge in [-0.1, -0.05) is 0 Å². The van der Waals surface area contributed by atoms with Crippen LogP contribution in [0.1, 0.15) is 42.6 Å². The SMILES string of the molecule is C[C@@H](N)C(=O)N1CCc2[nH]nc(C3CC3)c2CC1.Cl. The van der Waals surface area contributed by atoms with E-state index < -0.39 is 6.04 Å². The Labute approximate surface area is 119 Å². The fourth-order valence-electron chi connectivity index (χ4n) is 2.71. The van der Waals surface area contributed by atoms with E-state index in [1.54, 1.807) is 6.92 Å². The van der Waals surface area contributed by atoms with Crippen LogP contribution in [0.2, 0.25) is 0 Å². The first-order valence-corrected chi connectivity index (χ1v) is 6.77. The van der Waals surface area contributed by atoms with Crippen molar-refractivity contribution in [2.45, 2.75) is 44.6 Å². The number of H-pyrrole nitrogens is 1. The Morgan fingerprint density at radius 3 is 2.74 bits per heavy atom. The highest BCUT2D eigenvalue weighted by Gasteiger charge is 2.31. The van der Waals surface area contributed by atoms with E-state index in [1.165, 1.54) is 29.8 Å². The quantitative estimate of drug-likeness (QED) is 0.850. The first-order valence-electron chi connectivity index (χ1n) is 6.77. The van der Waals surface area contributed by atoms with Crippen LogP contribution in [0.15, 0.2) is 0 Å². The topological polar surface area (TPSA) is 75.0 Å². The van der Waals surface area contributed by atoms with Crippen LogP contribution in [0.25, 0.3) is 0 Å². The molecule has 6 heteroatoms. The maximum Gasteiger partial charge on any atom is 0.239 e. The molecule has 1 aliphatic heterocycles. The molecule has 0 aromatic carbocycles. The number of nitrogens with one attached hydrogen (secondary N) is 1. The number of fused-ring (bicyclic) bond motifs is 1. The summed E-state index contributed by atoms with van der Waals surface area (Å²) < 4.78 is 0. The minimum Gasteiger partial charge on any atom is -0.341 e. The van der Waals surface area contributed by atoms with Crippen LogP contribution in [0.4, 0.5) is 0 Å². The van der Waals surface area contributed by atoms with Crippen molar-refractivity contribution in [1.29, 1.82) is 0 Å². The van der Waals surface area contributed by atoms with Crippen LogP contribution >= 0.6 is 12.4 Å². The second kappa shape index (κ2) is 5.51. The molecule has 5 nitrogen and oxygen atoms in total. The molecule has 1 fully saturated rings. The Bertz CT molecular complexity index is 467. The number of nitrogens with two attached hydrogens (primary N) is 1. The lowest BCUT2D eigenvalue weighted by atomic mass is 10.1. The lowest BCUT2D eigenvalue weighted by molar-refractivity contribution is -0.132. The van der Waals surface area contributed by atoms with E-state index in [9.17, 15) is 4.79 Å². The Kier molecular flexibility index (Phi) is 4.16. The van der Waals surface area contributed by atoms with Gasteiger partial charge >= 0.3 is 0 Å². The maximum atomic E-state index is 11.9. The van der Waals surface area contributed by atoms with E-state index in [0.717, 1.165) is 25.9 Å². The Balaban J connectivity index is 0.00000133. The van der Waals surface area contributed by atoms with Gasteiger partial charge in [-0.25, -0.2) is 0 Å². The van der Waals surface area contributed by atoms with Gasteiger partial charge in [0, 0.05) is 31.1 Å². The predicted molar refractivity (Wildman–Crippen MR) is 75.4 cm³/mol. The maximum absolute atomic E-state index is 11.9. The van der Waals surface area contributed by atoms with Gasteiger partial charge in [-0.05, 0) is 31.7 Å². The van der Waals surface area contributed by atoms with Crippen molar-refractivity contribution < 1.29 is 4.79 Å². The molecule has 0 bridgehead atoms. The highest BCUT2D eigenvalue weighted by molar-refractivity contribution is 5.85. The van der Waals surface area contributed by atoms with Crippen LogP contribution in [-0.2, 0) is 17.6 Å². The van der Waals surface area contributed by atoms with Crippen LogP contribution in [0, 0.1) is 0 Å². The van der Waals surface area contributed by atoms with Crippen molar-refractivity contribution in [3.8, 4) is 0 Å². The third kappa shape index (κ3) is 2.77. The zero-order valence-corrected chi connectivity index (χ0v) is 12.0. The number of hydrogen-bond donors (Lipinski definition) is 2. The van der Waals surface area contributed by atoms with E-state index in [1.807, 2.05) is 4.90 Å². The fraction of sp³-hybridized carbons (Fsp3) is 0.692. The first-order chi connectivity index (χ1) is 8.66. The number of halogens is 1. The van der Waals surface area contributed by atoms with Gasteiger partial charge < -0.3 is 10.6 Å². The number of carbonyl (C=O) groups is 1. The number of aromatic nitrogens is 2. The monoisotopic (exact) mass is 284 g/mol. The summed E-state index contributed by atoms with van der Waals surface area (Å²) in [6, 6.07) is -0.400. The molecule has 1 aliphatic carbocycles.